The fourth-order valence-corrected chi connectivity index (χ4v) is 12.6. The van der Waals surface area contributed by atoms with Crippen molar-refractivity contribution in [3.8, 4) is 0 Å². The molecule has 13 nitrogen and oxygen atoms in total. The van der Waals surface area contributed by atoms with E-state index in [2.05, 4.69) is 33.8 Å². The first-order chi connectivity index (χ1) is 24.6. The molecule has 3 saturated carbocycles. The second kappa shape index (κ2) is 13.7. The van der Waals surface area contributed by atoms with Gasteiger partial charge >= 0.3 is 0 Å². The lowest BCUT2D eigenvalue weighted by Gasteiger charge is -2.60. The number of hydrogen-bond donors (Lipinski definition) is 7. The van der Waals surface area contributed by atoms with E-state index in [1.165, 1.54) is 6.92 Å². The smallest absolute Gasteiger partial charge is 0.187 e. The summed E-state index contributed by atoms with van der Waals surface area (Å²) in [6.07, 6.45) is -5.95. The molecule has 0 bridgehead atoms. The third-order valence-electron chi connectivity index (χ3n) is 15.6. The third kappa shape index (κ3) is 5.74. The van der Waals surface area contributed by atoms with Gasteiger partial charge in [-0.25, -0.2) is 0 Å². The fraction of sp³-hybridized carbons (Fsp3) is 0.949. The Labute approximate surface area is 306 Å². The lowest BCUT2D eigenvalue weighted by Crippen LogP contribution is -2.65. The van der Waals surface area contributed by atoms with Gasteiger partial charge in [0.1, 0.15) is 42.7 Å². The van der Waals surface area contributed by atoms with Gasteiger partial charge in [0.15, 0.2) is 18.4 Å². The number of fused-ring (bicyclic) bond motifs is 7. The van der Waals surface area contributed by atoms with Crippen LogP contribution in [0.4, 0.5) is 0 Å². The molecule has 296 valence electrons. The lowest BCUT2D eigenvalue weighted by molar-refractivity contribution is -0.374. The molecule has 0 aromatic carbocycles. The quantitative estimate of drug-likeness (QED) is 0.200. The number of allylic oxidation sites excluding steroid dienone is 1. The second-order valence-corrected chi connectivity index (χ2v) is 18.3. The highest BCUT2D eigenvalue weighted by atomic mass is 16.8. The Bertz CT molecular complexity index is 1340. The Morgan fingerprint density at radius 1 is 0.827 bits per heavy atom. The van der Waals surface area contributed by atoms with Crippen molar-refractivity contribution in [1.29, 1.82) is 0 Å². The molecule has 7 N–H and O–H groups in total. The first-order valence-corrected chi connectivity index (χ1v) is 19.9. The molecule has 22 atom stereocenters. The van der Waals surface area contributed by atoms with Crippen molar-refractivity contribution in [2.45, 2.75) is 171 Å². The van der Waals surface area contributed by atoms with E-state index in [9.17, 15) is 35.7 Å². The van der Waals surface area contributed by atoms with Crippen LogP contribution in [0.15, 0.2) is 11.6 Å². The normalized spacial score (nSPS) is 58.9. The maximum Gasteiger partial charge on any atom is 0.187 e. The highest BCUT2D eigenvalue weighted by Crippen LogP contribution is 2.71. The summed E-state index contributed by atoms with van der Waals surface area (Å²) in [6.45, 7) is 11.0. The van der Waals surface area contributed by atoms with Gasteiger partial charge in [0, 0.05) is 24.2 Å². The van der Waals surface area contributed by atoms with Crippen molar-refractivity contribution in [1.82, 2.24) is 0 Å². The standard InChI is InChI=1S/C39H62O13/c1-17-8-11-39(47-16-17)18(2)28-25(52-39)14-24-22-7-6-20-12-21(41)13-27(38(20,5)23(22)9-10-37(24,28)4)50-36-34(32(45)30(43)26(15-40)49-36)51-35-33(46)31(44)29(42)19(3)48-35/h6,17-19,21-36,40-46H,7-16H2,1-5H3/t17-,18+,19-,21+,22-,23-,24+,25+,26-,27-,28+,29+,30+,31-,32-,33-,34-,35+,36-,37+,38+,39-/m1/s1. The summed E-state index contributed by atoms with van der Waals surface area (Å²) in [7, 11) is 0. The Morgan fingerprint density at radius 3 is 2.31 bits per heavy atom. The maximum atomic E-state index is 11.3. The average molecular weight is 739 g/mol. The summed E-state index contributed by atoms with van der Waals surface area (Å²) >= 11 is 0. The molecule has 0 unspecified atom stereocenters. The molecule has 8 aliphatic rings. The fourth-order valence-electron chi connectivity index (χ4n) is 12.6. The van der Waals surface area contributed by atoms with Crippen molar-refractivity contribution in [3.05, 3.63) is 11.6 Å². The molecule has 4 saturated heterocycles. The first-order valence-electron chi connectivity index (χ1n) is 19.9. The lowest BCUT2D eigenvalue weighted by atomic mass is 9.46. The molecular formula is C39H62O13. The van der Waals surface area contributed by atoms with Gasteiger partial charge in [-0.3, -0.25) is 0 Å². The molecule has 0 aromatic rings. The van der Waals surface area contributed by atoms with Gasteiger partial charge in [0.2, 0.25) is 0 Å². The second-order valence-electron chi connectivity index (χ2n) is 18.3. The molecule has 1 spiro atoms. The zero-order chi connectivity index (χ0) is 37.1. The molecule has 13 heteroatoms. The van der Waals surface area contributed by atoms with E-state index < -0.39 is 91.4 Å². The highest BCUT2D eigenvalue weighted by Gasteiger charge is 2.69. The summed E-state index contributed by atoms with van der Waals surface area (Å²) < 4.78 is 38.2. The molecule has 8 rings (SSSR count). The van der Waals surface area contributed by atoms with E-state index in [0.717, 1.165) is 50.7 Å². The van der Waals surface area contributed by atoms with Crippen LogP contribution in [0.2, 0.25) is 0 Å². The Balaban J connectivity index is 1.06. The van der Waals surface area contributed by atoms with Gasteiger partial charge in [-0.1, -0.05) is 39.3 Å². The van der Waals surface area contributed by atoms with Crippen LogP contribution in [-0.4, -0.2) is 134 Å². The van der Waals surface area contributed by atoms with Gasteiger partial charge < -0.3 is 64.2 Å². The van der Waals surface area contributed by atoms with Gasteiger partial charge in [-0.15, -0.1) is 0 Å². The summed E-state index contributed by atoms with van der Waals surface area (Å²) in [5.74, 6) is 1.86. The van der Waals surface area contributed by atoms with E-state index in [-0.39, 0.29) is 17.4 Å². The average Bonchev–Trinajstić information content (AvgIpc) is 3.56. The number of ether oxygens (including phenoxy) is 6. The minimum Gasteiger partial charge on any atom is -0.394 e. The largest absolute Gasteiger partial charge is 0.394 e. The van der Waals surface area contributed by atoms with Crippen LogP contribution in [0.25, 0.3) is 0 Å². The molecule has 0 aromatic heterocycles. The van der Waals surface area contributed by atoms with Crippen LogP contribution < -0.4 is 0 Å². The van der Waals surface area contributed by atoms with Crippen LogP contribution in [0.3, 0.4) is 0 Å². The molecule has 0 amide bonds. The minimum atomic E-state index is -1.66. The summed E-state index contributed by atoms with van der Waals surface area (Å²) in [6, 6.07) is 0. The van der Waals surface area contributed by atoms with Crippen LogP contribution in [0, 0.1) is 46.3 Å². The van der Waals surface area contributed by atoms with Gasteiger partial charge in [-0.2, -0.15) is 0 Å². The van der Waals surface area contributed by atoms with Crippen LogP contribution >= 0.6 is 0 Å². The number of rotatable bonds is 5. The monoisotopic (exact) mass is 738 g/mol. The zero-order valence-corrected chi connectivity index (χ0v) is 31.2. The van der Waals surface area contributed by atoms with E-state index in [1.807, 2.05) is 0 Å². The molecule has 7 fully saturated rings. The summed E-state index contributed by atoms with van der Waals surface area (Å²) in [5.41, 5.74) is 0.762. The molecule has 52 heavy (non-hydrogen) atoms. The molecular weight excluding hydrogens is 676 g/mol. The van der Waals surface area contributed by atoms with E-state index in [1.54, 1.807) is 0 Å². The molecule has 4 aliphatic carbocycles. The molecule has 4 aliphatic heterocycles. The van der Waals surface area contributed by atoms with Gasteiger partial charge in [0.05, 0.1) is 37.6 Å². The minimum absolute atomic E-state index is 0.101. The van der Waals surface area contributed by atoms with E-state index >= 15 is 0 Å². The van der Waals surface area contributed by atoms with Crippen molar-refractivity contribution in [2.24, 2.45) is 46.3 Å². The summed E-state index contributed by atoms with van der Waals surface area (Å²) in [5, 5.41) is 74.9. The Hall–Kier alpha value is -0.780. The molecule has 0 radical (unpaired) electrons. The number of hydrogen-bond acceptors (Lipinski definition) is 13. The van der Waals surface area contributed by atoms with Crippen molar-refractivity contribution in [3.63, 3.8) is 0 Å². The number of aliphatic hydroxyl groups is 7. The van der Waals surface area contributed by atoms with E-state index in [0.29, 0.717) is 42.4 Å². The highest BCUT2D eigenvalue weighted by molar-refractivity contribution is 5.29. The van der Waals surface area contributed by atoms with Crippen molar-refractivity contribution >= 4 is 0 Å². The molecule has 4 heterocycles. The maximum absolute atomic E-state index is 11.3. The third-order valence-corrected chi connectivity index (χ3v) is 15.6. The SMILES string of the molecule is C[C@@H]1CC[C@@]2(OC1)O[C@H]1C[C@H]3[C@@H]4CC=C5C[C@H](O)C[C@@H](O[C@H]6O[C@H](CO)[C@H](O)[C@@H](O)[C@H]6O[C@@H]6O[C@H](C)[C@H](O)[C@@H](O)[C@H]6O)[C@]5(C)[C@@H]4CC[C@]3(C)[C@H]1[C@@H]2C. The summed E-state index contributed by atoms with van der Waals surface area (Å²) in [4.78, 5) is 0. The van der Waals surface area contributed by atoms with E-state index in [4.69, 9.17) is 28.4 Å². The van der Waals surface area contributed by atoms with Crippen LogP contribution in [0.5, 0.6) is 0 Å². The predicted octanol–water partition coefficient (Wildman–Crippen LogP) is 1.36. The predicted molar refractivity (Wildman–Crippen MR) is 183 cm³/mol. The topological polar surface area (TPSA) is 197 Å². The van der Waals surface area contributed by atoms with Gasteiger partial charge in [-0.05, 0) is 80.5 Å². The van der Waals surface area contributed by atoms with Crippen LogP contribution in [-0.2, 0) is 28.4 Å². The number of aliphatic hydroxyl groups excluding tert-OH is 7. The van der Waals surface area contributed by atoms with Gasteiger partial charge in [0.25, 0.3) is 0 Å². The van der Waals surface area contributed by atoms with Crippen molar-refractivity contribution < 1.29 is 64.2 Å². The zero-order valence-electron chi connectivity index (χ0n) is 31.2. The Kier molecular flexibility index (Phi) is 10.0. The first kappa shape index (κ1) is 38.1. The van der Waals surface area contributed by atoms with Crippen LogP contribution in [0.1, 0.15) is 86.0 Å². The van der Waals surface area contributed by atoms with Crippen molar-refractivity contribution in [2.75, 3.05) is 13.2 Å². The Morgan fingerprint density at radius 2 is 1.60 bits per heavy atom.